The van der Waals surface area contributed by atoms with E-state index >= 15 is 0 Å². The molecule has 0 heterocycles. The molecule has 0 aromatic heterocycles. The van der Waals surface area contributed by atoms with Gasteiger partial charge in [0.05, 0.1) is 0 Å². The molecule has 0 aliphatic rings. The van der Waals surface area contributed by atoms with Crippen LogP contribution in [0.4, 0.5) is 0 Å². The molecule has 0 N–H and O–H groups in total. The normalized spacial score (nSPS) is 10.5. The standard InChI is InChI=1S/C14H14O/c1-3-14(15)13-9-8-10(2)11-6-4-5-7-12(11)13/h4-9H,3H2,1-2H3. The molecule has 2 rings (SSSR count). The van der Waals surface area contributed by atoms with Gasteiger partial charge in [0.15, 0.2) is 5.78 Å². The summed E-state index contributed by atoms with van der Waals surface area (Å²) in [5.74, 6) is 0.214. The second-order valence-electron chi connectivity index (χ2n) is 3.75. The lowest BCUT2D eigenvalue weighted by Gasteiger charge is -2.06. The molecule has 1 nitrogen and oxygen atoms in total. The zero-order valence-corrected chi connectivity index (χ0v) is 9.08. The first-order chi connectivity index (χ1) is 7.24. The molecule has 0 saturated heterocycles. The summed E-state index contributed by atoms with van der Waals surface area (Å²) in [7, 11) is 0. The molecule has 76 valence electrons. The Morgan fingerprint density at radius 3 is 2.40 bits per heavy atom. The van der Waals surface area contributed by atoms with Gasteiger partial charge in [-0.2, -0.15) is 0 Å². The molecule has 1 heteroatoms. The molecule has 2 aromatic rings. The summed E-state index contributed by atoms with van der Waals surface area (Å²) in [5.41, 5.74) is 2.07. The van der Waals surface area contributed by atoms with E-state index in [2.05, 4.69) is 13.0 Å². The van der Waals surface area contributed by atoms with Gasteiger partial charge < -0.3 is 0 Å². The Morgan fingerprint density at radius 2 is 1.73 bits per heavy atom. The Morgan fingerprint density at radius 1 is 1.07 bits per heavy atom. The van der Waals surface area contributed by atoms with Crippen molar-refractivity contribution in [2.75, 3.05) is 0 Å². The van der Waals surface area contributed by atoms with Gasteiger partial charge in [0.1, 0.15) is 0 Å². The molecule has 0 unspecified atom stereocenters. The van der Waals surface area contributed by atoms with E-state index in [4.69, 9.17) is 0 Å². The highest BCUT2D eigenvalue weighted by Gasteiger charge is 2.08. The highest BCUT2D eigenvalue weighted by atomic mass is 16.1. The number of Topliss-reactive ketones (excluding diaryl/α,β-unsaturated/α-hetero) is 1. The third kappa shape index (κ3) is 1.65. The Labute approximate surface area is 89.7 Å². The van der Waals surface area contributed by atoms with Crippen LogP contribution < -0.4 is 0 Å². The van der Waals surface area contributed by atoms with Crippen LogP contribution in [0, 0.1) is 6.92 Å². The van der Waals surface area contributed by atoms with E-state index in [0.717, 1.165) is 10.9 Å². The monoisotopic (exact) mass is 198 g/mol. The minimum Gasteiger partial charge on any atom is -0.294 e. The fourth-order valence-electron chi connectivity index (χ4n) is 1.88. The van der Waals surface area contributed by atoms with Crippen LogP contribution in [0.2, 0.25) is 0 Å². The van der Waals surface area contributed by atoms with Gasteiger partial charge >= 0.3 is 0 Å². The van der Waals surface area contributed by atoms with E-state index in [-0.39, 0.29) is 5.78 Å². The van der Waals surface area contributed by atoms with Crippen molar-refractivity contribution in [1.82, 2.24) is 0 Å². The van der Waals surface area contributed by atoms with Gasteiger partial charge in [-0.15, -0.1) is 0 Å². The summed E-state index contributed by atoms with van der Waals surface area (Å²) in [4.78, 5) is 11.7. The first kappa shape index (κ1) is 9.91. The second-order valence-corrected chi connectivity index (χ2v) is 3.75. The predicted molar refractivity (Wildman–Crippen MR) is 63.3 cm³/mol. The maximum absolute atomic E-state index is 11.7. The van der Waals surface area contributed by atoms with Crippen LogP contribution >= 0.6 is 0 Å². The van der Waals surface area contributed by atoms with Crippen molar-refractivity contribution >= 4 is 16.6 Å². The van der Waals surface area contributed by atoms with Crippen LogP contribution in [-0.4, -0.2) is 5.78 Å². The van der Waals surface area contributed by atoms with Crippen LogP contribution in [0.15, 0.2) is 36.4 Å². The van der Waals surface area contributed by atoms with Crippen LogP contribution in [0.3, 0.4) is 0 Å². The molecule has 0 aliphatic carbocycles. The van der Waals surface area contributed by atoms with Crippen molar-refractivity contribution < 1.29 is 4.79 Å². The number of aryl methyl sites for hydroxylation is 1. The SMILES string of the molecule is CCC(=O)c1ccc(C)c2ccccc12. The van der Waals surface area contributed by atoms with Gasteiger partial charge in [-0.1, -0.05) is 43.3 Å². The summed E-state index contributed by atoms with van der Waals surface area (Å²) in [6.07, 6.45) is 0.563. The van der Waals surface area contributed by atoms with Crippen LogP contribution in [0.5, 0.6) is 0 Å². The van der Waals surface area contributed by atoms with E-state index in [1.807, 2.05) is 37.3 Å². The number of rotatable bonds is 2. The second kappa shape index (κ2) is 3.85. The summed E-state index contributed by atoms with van der Waals surface area (Å²) < 4.78 is 0. The quantitative estimate of drug-likeness (QED) is 0.672. The van der Waals surface area contributed by atoms with Gasteiger partial charge in [-0.05, 0) is 23.3 Å². The van der Waals surface area contributed by atoms with Crippen molar-refractivity contribution in [3.63, 3.8) is 0 Å². The van der Waals surface area contributed by atoms with Crippen molar-refractivity contribution in [2.24, 2.45) is 0 Å². The average Bonchev–Trinajstić information content (AvgIpc) is 2.29. The number of benzene rings is 2. The van der Waals surface area contributed by atoms with Crippen molar-refractivity contribution in [3.8, 4) is 0 Å². The highest BCUT2D eigenvalue weighted by molar-refractivity contribution is 6.08. The molecule has 0 aliphatic heterocycles. The number of ketones is 1. The van der Waals surface area contributed by atoms with E-state index in [1.54, 1.807) is 0 Å². The molecule has 2 aromatic carbocycles. The Balaban J connectivity index is 2.77. The van der Waals surface area contributed by atoms with Crippen molar-refractivity contribution in [1.29, 1.82) is 0 Å². The maximum atomic E-state index is 11.7. The molecule has 0 spiro atoms. The molecule has 0 radical (unpaired) electrons. The topological polar surface area (TPSA) is 17.1 Å². The minimum atomic E-state index is 0.214. The van der Waals surface area contributed by atoms with Crippen molar-refractivity contribution in [2.45, 2.75) is 20.3 Å². The predicted octanol–water partition coefficient (Wildman–Crippen LogP) is 3.74. The number of carbonyl (C=O) groups is 1. The van der Waals surface area contributed by atoms with Crippen LogP contribution in [0.25, 0.3) is 10.8 Å². The van der Waals surface area contributed by atoms with E-state index in [1.165, 1.54) is 10.9 Å². The van der Waals surface area contributed by atoms with Crippen LogP contribution in [0.1, 0.15) is 29.3 Å². The molecule has 0 fully saturated rings. The Kier molecular flexibility index (Phi) is 2.55. The first-order valence-electron chi connectivity index (χ1n) is 5.25. The molecule has 0 amide bonds. The lowest BCUT2D eigenvalue weighted by molar-refractivity contribution is 0.0990. The number of carbonyl (C=O) groups excluding carboxylic acids is 1. The third-order valence-electron chi connectivity index (χ3n) is 2.76. The van der Waals surface area contributed by atoms with Gasteiger partial charge in [0.2, 0.25) is 0 Å². The van der Waals surface area contributed by atoms with E-state index < -0.39 is 0 Å². The van der Waals surface area contributed by atoms with Gasteiger partial charge in [-0.25, -0.2) is 0 Å². The largest absolute Gasteiger partial charge is 0.294 e. The summed E-state index contributed by atoms with van der Waals surface area (Å²) in [5, 5.41) is 2.25. The zero-order chi connectivity index (χ0) is 10.8. The Hall–Kier alpha value is -1.63. The van der Waals surface area contributed by atoms with E-state index in [9.17, 15) is 4.79 Å². The number of hydrogen-bond donors (Lipinski definition) is 0. The van der Waals surface area contributed by atoms with E-state index in [0.29, 0.717) is 6.42 Å². The average molecular weight is 198 g/mol. The smallest absolute Gasteiger partial charge is 0.163 e. The lowest BCUT2D eigenvalue weighted by atomic mass is 9.97. The molecular weight excluding hydrogens is 184 g/mol. The van der Waals surface area contributed by atoms with Crippen molar-refractivity contribution in [3.05, 3.63) is 47.5 Å². The molecule has 0 bridgehead atoms. The summed E-state index contributed by atoms with van der Waals surface area (Å²) in [6.45, 7) is 3.97. The summed E-state index contributed by atoms with van der Waals surface area (Å²) >= 11 is 0. The maximum Gasteiger partial charge on any atom is 0.163 e. The van der Waals surface area contributed by atoms with Crippen LogP contribution in [-0.2, 0) is 0 Å². The number of hydrogen-bond acceptors (Lipinski definition) is 1. The zero-order valence-electron chi connectivity index (χ0n) is 9.08. The fourth-order valence-corrected chi connectivity index (χ4v) is 1.88. The highest BCUT2D eigenvalue weighted by Crippen LogP contribution is 2.23. The summed E-state index contributed by atoms with van der Waals surface area (Å²) in [6, 6.07) is 12.0. The van der Waals surface area contributed by atoms with Gasteiger partial charge in [0.25, 0.3) is 0 Å². The first-order valence-corrected chi connectivity index (χ1v) is 5.25. The molecule has 0 atom stereocenters. The minimum absolute atomic E-state index is 0.214. The van der Waals surface area contributed by atoms with Gasteiger partial charge in [-0.3, -0.25) is 4.79 Å². The lowest BCUT2D eigenvalue weighted by Crippen LogP contribution is -1.98. The van der Waals surface area contributed by atoms with Gasteiger partial charge in [0, 0.05) is 12.0 Å². The fraction of sp³-hybridized carbons (Fsp3) is 0.214. The third-order valence-corrected chi connectivity index (χ3v) is 2.76. The molecular formula is C14H14O. The number of fused-ring (bicyclic) bond motifs is 1. The molecule has 0 saturated carbocycles. The Bertz CT molecular complexity index is 512. The molecule has 15 heavy (non-hydrogen) atoms.